The molecule has 0 aromatic carbocycles. The smallest absolute Gasteiger partial charge is 0.184 e. The highest BCUT2D eigenvalue weighted by Crippen LogP contribution is 2.24. The van der Waals surface area contributed by atoms with Crippen molar-refractivity contribution in [3.63, 3.8) is 0 Å². The van der Waals surface area contributed by atoms with Crippen molar-refractivity contribution >= 4 is 5.69 Å². The molecule has 2 aromatic heterocycles. The molecule has 0 aliphatic carbocycles. The molecule has 5 nitrogen and oxygen atoms in total. The second-order valence-electron chi connectivity index (χ2n) is 3.98. The van der Waals surface area contributed by atoms with Crippen molar-refractivity contribution in [2.45, 2.75) is 26.8 Å². The number of anilines is 1. The zero-order chi connectivity index (χ0) is 11.7. The maximum atomic E-state index is 5.89. The molecule has 0 amide bonds. The average molecular weight is 217 g/mol. The summed E-state index contributed by atoms with van der Waals surface area (Å²) < 4.78 is 2.03. The van der Waals surface area contributed by atoms with Gasteiger partial charge in [0.2, 0.25) is 0 Å². The summed E-state index contributed by atoms with van der Waals surface area (Å²) >= 11 is 0. The van der Waals surface area contributed by atoms with E-state index in [2.05, 4.69) is 29.0 Å². The average Bonchev–Trinajstić information content (AvgIpc) is 2.61. The lowest BCUT2D eigenvalue weighted by molar-refractivity contribution is 0.587. The quantitative estimate of drug-likeness (QED) is 0.832. The van der Waals surface area contributed by atoms with Gasteiger partial charge in [-0.3, -0.25) is 4.98 Å². The van der Waals surface area contributed by atoms with Gasteiger partial charge in [-0.15, -0.1) is 10.2 Å². The van der Waals surface area contributed by atoms with Crippen LogP contribution in [0.4, 0.5) is 5.69 Å². The third-order valence-corrected chi connectivity index (χ3v) is 2.43. The molecule has 0 atom stereocenters. The standard InChI is InChI=1S/C11H15N5/c1-7(2)16-8(3)14-15-11(16)10-9(12)5-4-6-13-10/h4-7H,12H2,1-3H3. The highest BCUT2D eigenvalue weighted by atomic mass is 15.3. The normalized spacial score (nSPS) is 11.0. The molecule has 5 heteroatoms. The van der Waals surface area contributed by atoms with Crippen LogP contribution in [0.2, 0.25) is 0 Å². The Bertz CT molecular complexity index is 501. The van der Waals surface area contributed by atoms with Gasteiger partial charge in [-0.1, -0.05) is 0 Å². The van der Waals surface area contributed by atoms with Crippen LogP contribution >= 0.6 is 0 Å². The summed E-state index contributed by atoms with van der Waals surface area (Å²) in [4.78, 5) is 4.26. The number of aromatic nitrogens is 4. The van der Waals surface area contributed by atoms with Crippen molar-refractivity contribution in [2.24, 2.45) is 0 Å². The van der Waals surface area contributed by atoms with Crippen LogP contribution in [0.25, 0.3) is 11.5 Å². The molecular formula is C11H15N5. The Morgan fingerprint density at radius 3 is 2.69 bits per heavy atom. The second kappa shape index (κ2) is 3.92. The van der Waals surface area contributed by atoms with E-state index in [1.165, 1.54) is 0 Å². The lowest BCUT2D eigenvalue weighted by Gasteiger charge is -2.12. The van der Waals surface area contributed by atoms with Crippen LogP contribution in [0.15, 0.2) is 18.3 Å². The van der Waals surface area contributed by atoms with Crippen molar-refractivity contribution in [1.82, 2.24) is 19.7 Å². The van der Waals surface area contributed by atoms with E-state index in [0.717, 1.165) is 11.6 Å². The topological polar surface area (TPSA) is 69.6 Å². The molecule has 0 fully saturated rings. The minimum atomic E-state index is 0.284. The van der Waals surface area contributed by atoms with Gasteiger partial charge in [-0.25, -0.2) is 0 Å². The first-order valence-electron chi connectivity index (χ1n) is 5.23. The molecule has 0 unspecified atom stereocenters. The lowest BCUT2D eigenvalue weighted by Crippen LogP contribution is -2.07. The van der Waals surface area contributed by atoms with Gasteiger partial charge in [0, 0.05) is 12.2 Å². The van der Waals surface area contributed by atoms with Gasteiger partial charge in [0.1, 0.15) is 11.5 Å². The molecule has 0 saturated carbocycles. The Morgan fingerprint density at radius 2 is 2.06 bits per heavy atom. The Morgan fingerprint density at radius 1 is 1.31 bits per heavy atom. The number of rotatable bonds is 2. The summed E-state index contributed by atoms with van der Waals surface area (Å²) in [6.45, 7) is 6.09. The van der Waals surface area contributed by atoms with Gasteiger partial charge < -0.3 is 10.3 Å². The van der Waals surface area contributed by atoms with Crippen LogP contribution in [0.5, 0.6) is 0 Å². The molecule has 84 valence electrons. The minimum absolute atomic E-state index is 0.284. The first-order chi connectivity index (χ1) is 7.61. The Balaban J connectivity index is 2.61. The van der Waals surface area contributed by atoms with Crippen LogP contribution in [0.3, 0.4) is 0 Å². The zero-order valence-electron chi connectivity index (χ0n) is 9.68. The van der Waals surface area contributed by atoms with Gasteiger partial charge in [0.25, 0.3) is 0 Å². The molecule has 0 spiro atoms. The van der Waals surface area contributed by atoms with E-state index in [1.54, 1.807) is 6.20 Å². The summed E-state index contributed by atoms with van der Waals surface area (Å²) in [5, 5.41) is 8.21. The summed E-state index contributed by atoms with van der Waals surface area (Å²) in [7, 11) is 0. The highest BCUT2D eigenvalue weighted by molar-refractivity contribution is 5.66. The molecule has 0 aliphatic rings. The molecule has 0 radical (unpaired) electrons. The third-order valence-electron chi connectivity index (χ3n) is 2.43. The molecule has 0 bridgehead atoms. The highest BCUT2D eigenvalue weighted by Gasteiger charge is 2.16. The number of hydrogen-bond acceptors (Lipinski definition) is 4. The van der Waals surface area contributed by atoms with Gasteiger partial charge in [0.05, 0.1) is 5.69 Å². The van der Waals surface area contributed by atoms with Crippen molar-refractivity contribution in [1.29, 1.82) is 0 Å². The number of nitrogens with two attached hydrogens (primary N) is 1. The van der Waals surface area contributed by atoms with Crippen molar-refractivity contribution in [3.8, 4) is 11.5 Å². The molecule has 2 heterocycles. The summed E-state index contributed by atoms with van der Waals surface area (Å²) in [6.07, 6.45) is 1.71. The summed E-state index contributed by atoms with van der Waals surface area (Å²) in [5.74, 6) is 1.60. The SMILES string of the molecule is Cc1nnc(-c2ncccc2N)n1C(C)C. The van der Waals surface area contributed by atoms with E-state index in [0.29, 0.717) is 11.4 Å². The predicted molar refractivity (Wildman–Crippen MR) is 62.8 cm³/mol. The van der Waals surface area contributed by atoms with Gasteiger partial charge >= 0.3 is 0 Å². The van der Waals surface area contributed by atoms with E-state index in [4.69, 9.17) is 5.73 Å². The van der Waals surface area contributed by atoms with Gasteiger partial charge in [0.15, 0.2) is 5.82 Å². The maximum Gasteiger partial charge on any atom is 0.184 e. The Labute approximate surface area is 94.3 Å². The molecular weight excluding hydrogens is 202 g/mol. The second-order valence-corrected chi connectivity index (χ2v) is 3.98. The number of pyridine rings is 1. The van der Waals surface area contributed by atoms with Crippen molar-refractivity contribution in [3.05, 3.63) is 24.2 Å². The molecule has 2 N–H and O–H groups in total. The first-order valence-corrected chi connectivity index (χ1v) is 5.23. The van der Waals surface area contributed by atoms with Crippen LogP contribution in [0, 0.1) is 6.92 Å². The first kappa shape index (κ1) is 10.6. The van der Waals surface area contributed by atoms with E-state index in [-0.39, 0.29) is 6.04 Å². The fourth-order valence-corrected chi connectivity index (χ4v) is 1.75. The zero-order valence-corrected chi connectivity index (χ0v) is 9.68. The summed E-state index contributed by atoms with van der Waals surface area (Å²) in [5.41, 5.74) is 7.20. The molecule has 2 rings (SSSR count). The van der Waals surface area contributed by atoms with Crippen molar-refractivity contribution in [2.75, 3.05) is 5.73 Å². The summed E-state index contributed by atoms with van der Waals surface area (Å²) in [6, 6.07) is 3.91. The van der Waals surface area contributed by atoms with Crippen LogP contribution in [-0.4, -0.2) is 19.7 Å². The molecule has 2 aromatic rings. The molecule has 0 aliphatic heterocycles. The maximum absolute atomic E-state index is 5.89. The van der Waals surface area contributed by atoms with Crippen LogP contribution in [-0.2, 0) is 0 Å². The number of nitrogen functional groups attached to an aromatic ring is 1. The monoisotopic (exact) mass is 217 g/mol. The van der Waals surface area contributed by atoms with E-state index < -0.39 is 0 Å². The molecule has 0 saturated heterocycles. The number of hydrogen-bond donors (Lipinski definition) is 1. The predicted octanol–water partition coefficient (Wildman–Crippen LogP) is 1.81. The largest absolute Gasteiger partial charge is 0.397 e. The van der Waals surface area contributed by atoms with Crippen molar-refractivity contribution < 1.29 is 0 Å². The number of aryl methyl sites for hydroxylation is 1. The van der Waals surface area contributed by atoms with E-state index in [9.17, 15) is 0 Å². The lowest BCUT2D eigenvalue weighted by atomic mass is 10.2. The van der Waals surface area contributed by atoms with Gasteiger partial charge in [-0.05, 0) is 32.9 Å². The Kier molecular flexibility index (Phi) is 2.60. The van der Waals surface area contributed by atoms with Crippen LogP contribution in [0.1, 0.15) is 25.7 Å². The van der Waals surface area contributed by atoms with E-state index in [1.807, 2.05) is 23.6 Å². The van der Waals surface area contributed by atoms with Gasteiger partial charge in [-0.2, -0.15) is 0 Å². The third kappa shape index (κ3) is 1.64. The fourth-order valence-electron chi connectivity index (χ4n) is 1.75. The molecule has 16 heavy (non-hydrogen) atoms. The fraction of sp³-hybridized carbons (Fsp3) is 0.364. The minimum Gasteiger partial charge on any atom is -0.397 e. The van der Waals surface area contributed by atoms with Crippen LogP contribution < -0.4 is 5.73 Å². The number of nitrogens with zero attached hydrogens (tertiary/aromatic N) is 4. The Hall–Kier alpha value is -1.91. The van der Waals surface area contributed by atoms with E-state index >= 15 is 0 Å².